The molecule has 2 N–H and O–H groups in total. The summed E-state index contributed by atoms with van der Waals surface area (Å²) in [6.45, 7) is 2.36. The molecule has 0 amide bonds. The molecule has 0 bridgehead atoms. The summed E-state index contributed by atoms with van der Waals surface area (Å²) >= 11 is 1.43. The first-order chi connectivity index (χ1) is 8.99. The average Bonchev–Trinajstić information content (AvgIpc) is 2.76. The first-order valence-corrected chi connectivity index (χ1v) is 6.67. The van der Waals surface area contributed by atoms with Gasteiger partial charge in [-0.2, -0.15) is 18.2 Å². The van der Waals surface area contributed by atoms with Crippen LogP contribution in [0.4, 0.5) is 24.9 Å². The third-order valence-electron chi connectivity index (χ3n) is 2.36. The van der Waals surface area contributed by atoms with Gasteiger partial charge in [0, 0.05) is 13.1 Å². The predicted octanol–water partition coefficient (Wildman–Crippen LogP) is 3.49. The van der Waals surface area contributed by atoms with Crippen molar-refractivity contribution < 1.29 is 13.2 Å². The molecule has 4 nitrogen and oxygen atoms in total. The molecule has 2 heterocycles. The highest BCUT2D eigenvalue weighted by atomic mass is 32.1. The summed E-state index contributed by atoms with van der Waals surface area (Å²) in [6, 6.07) is 1.80. The van der Waals surface area contributed by atoms with Crippen molar-refractivity contribution in [1.29, 1.82) is 0 Å². The average molecular weight is 290 g/mol. The Hall–Kier alpha value is -1.57. The normalized spacial score (nSPS) is 11.8. The van der Waals surface area contributed by atoms with E-state index >= 15 is 0 Å². The number of aromatic nitrogens is 2. The number of fused-ring (bicyclic) bond motifs is 1. The molecule has 104 valence electrons. The first kappa shape index (κ1) is 13.9. The quantitative estimate of drug-likeness (QED) is 0.885. The Morgan fingerprint density at radius 3 is 2.74 bits per heavy atom. The van der Waals surface area contributed by atoms with E-state index in [1.54, 1.807) is 6.07 Å². The van der Waals surface area contributed by atoms with Crippen molar-refractivity contribution in [2.24, 2.45) is 0 Å². The van der Waals surface area contributed by atoms with Gasteiger partial charge in [-0.1, -0.05) is 0 Å². The van der Waals surface area contributed by atoms with Gasteiger partial charge < -0.3 is 10.6 Å². The maximum Gasteiger partial charge on any atom is 0.390 e. The van der Waals surface area contributed by atoms with Gasteiger partial charge >= 0.3 is 6.18 Å². The molecular weight excluding hydrogens is 277 g/mol. The first-order valence-electron chi connectivity index (χ1n) is 5.79. The van der Waals surface area contributed by atoms with E-state index < -0.39 is 12.6 Å². The number of hydrogen-bond acceptors (Lipinski definition) is 5. The Bertz CT molecular complexity index is 552. The van der Waals surface area contributed by atoms with Gasteiger partial charge in [0.2, 0.25) is 5.95 Å². The number of hydrogen-bond donors (Lipinski definition) is 2. The minimum Gasteiger partial charge on any atom is -0.369 e. The van der Waals surface area contributed by atoms with Crippen LogP contribution in [0, 0.1) is 0 Å². The third kappa shape index (κ3) is 3.69. The van der Waals surface area contributed by atoms with Gasteiger partial charge in [0.15, 0.2) is 0 Å². The van der Waals surface area contributed by atoms with E-state index in [2.05, 4.69) is 20.6 Å². The molecule has 0 fully saturated rings. The second-order valence-corrected chi connectivity index (χ2v) is 4.75. The molecule has 0 saturated heterocycles. The fourth-order valence-electron chi connectivity index (χ4n) is 1.55. The van der Waals surface area contributed by atoms with Crippen molar-refractivity contribution in [3.05, 3.63) is 11.4 Å². The molecule has 0 atom stereocenters. The van der Waals surface area contributed by atoms with Crippen LogP contribution in [-0.2, 0) is 0 Å². The van der Waals surface area contributed by atoms with E-state index in [1.807, 2.05) is 12.3 Å². The van der Waals surface area contributed by atoms with E-state index in [4.69, 9.17) is 0 Å². The Balaban J connectivity index is 2.18. The zero-order chi connectivity index (χ0) is 13.9. The SMILES string of the molecule is CCNc1nc(NCCC(F)(F)F)c2ccsc2n1. The van der Waals surface area contributed by atoms with Crippen LogP contribution in [0.1, 0.15) is 13.3 Å². The van der Waals surface area contributed by atoms with Crippen LogP contribution in [0.3, 0.4) is 0 Å². The van der Waals surface area contributed by atoms with Crippen molar-refractivity contribution in [1.82, 2.24) is 9.97 Å². The summed E-state index contributed by atoms with van der Waals surface area (Å²) in [5, 5.41) is 8.27. The van der Waals surface area contributed by atoms with Gasteiger partial charge in [-0.15, -0.1) is 11.3 Å². The van der Waals surface area contributed by atoms with Crippen molar-refractivity contribution in [3.63, 3.8) is 0 Å². The molecule has 0 unspecified atom stereocenters. The van der Waals surface area contributed by atoms with Crippen molar-refractivity contribution in [2.45, 2.75) is 19.5 Å². The summed E-state index contributed by atoms with van der Waals surface area (Å²) in [4.78, 5) is 9.22. The lowest BCUT2D eigenvalue weighted by molar-refractivity contribution is -0.131. The number of thiophene rings is 1. The second-order valence-electron chi connectivity index (χ2n) is 3.86. The molecule has 8 heteroatoms. The Morgan fingerprint density at radius 1 is 1.26 bits per heavy atom. The lowest BCUT2D eigenvalue weighted by atomic mass is 10.3. The van der Waals surface area contributed by atoms with Crippen molar-refractivity contribution in [3.8, 4) is 0 Å². The fraction of sp³-hybridized carbons (Fsp3) is 0.455. The van der Waals surface area contributed by atoms with Crippen LogP contribution in [0.5, 0.6) is 0 Å². The zero-order valence-electron chi connectivity index (χ0n) is 10.2. The fourth-order valence-corrected chi connectivity index (χ4v) is 2.31. The molecule has 2 rings (SSSR count). The summed E-state index contributed by atoms with van der Waals surface area (Å²) in [7, 11) is 0. The molecule has 0 aliphatic rings. The largest absolute Gasteiger partial charge is 0.390 e. The minimum atomic E-state index is -4.17. The smallest absolute Gasteiger partial charge is 0.369 e. The number of nitrogens with zero attached hydrogens (tertiary/aromatic N) is 2. The van der Waals surface area contributed by atoms with E-state index in [0.717, 1.165) is 10.2 Å². The van der Waals surface area contributed by atoms with Crippen LogP contribution in [0.15, 0.2) is 11.4 Å². The Labute approximate surface area is 112 Å². The van der Waals surface area contributed by atoms with Crippen LogP contribution in [0.25, 0.3) is 10.2 Å². The van der Waals surface area contributed by atoms with Gasteiger partial charge in [0.25, 0.3) is 0 Å². The maximum absolute atomic E-state index is 12.1. The molecule has 0 aromatic carbocycles. The highest BCUT2D eigenvalue weighted by Crippen LogP contribution is 2.27. The van der Waals surface area contributed by atoms with Crippen molar-refractivity contribution >= 4 is 33.3 Å². The van der Waals surface area contributed by atoms with Gasteiger partial charge in [-0.25, -0.2) is 4.98 Å². The highest BCUT2D eigenvalue weighted by molar-refractivity contribution is 7.16. The standard InChI is InChI=1S/C11H13F3N4S/c1-2-15-10-17-8(16-5-4-11(12,13)14)7-3-6-19-9(7)18-10/h3,6H,2,4-5H2,1H3,(H2,15,16,17,18). The monoisotopic (exact) mass is 290 g/mol. The van der Waals surface area contributed by atoms with Gasteiger partial charge in [-0.3, -0.25) is 0 Å². The van der Waals surface area contributed by atoms with Crippen molar-refractivity contribution in [2.75, 3.05) is 23.7 Å². The molecule has 19 heavy (non-hydrogen) atoms. The van der Waals surface area contributed by atoms with E-state index in [1.165, 1.54) is 11.3 Å². The number of anilines is 2. The Morgan fingerprint density at radius 2 is 2.05 bits per heavy atom. The summed E-state index contributed by atoms with van der Waals surface area (Å²) in [6.07, 6.45) is -5.06. The lowest BCUT2D eigenvalue weighted by Gasteiger charge is -2.10. The van der Waals surface area contributed by atoms with Crippen LogP contribution in [0.2, 0.25) is 0 Å². The molecule has 0 spiro atoms. The van der Waals surface area contributed by atoms with E-state index in [9.17, 15) is 13.2 Å². The summed E-state index contributed by atoms with van der Waals surface area (Å²) in [5.74, 6) is 0.860. The lowest BCUT2D eigenvalue weighted by Crippen LogP contribution is -2.15. The molecule has 0 saturated carbocycles. The highest BCUT2D eigenvalue weighted by Gasteiger charge is 2.26. The third-order valence-corrected chi connectivity index (χ3v) is 3.17. The number of halogens is 3. The summed E-state index contributed by atoms with van der Waals surface area (Å²) in [5.41, 5.74) is 0. The maximum atomic E-state index is 12.1. The molecule has 2 aromatic heterocycles. The van der Waals surface area contributed by atoms with E-state index in [-0.39, 0.29) is 6.54 Å². The molecule has 0 aliphatic heterocycles. The van der Waals surface area contributed by atoms with E-state index in [0.29, 0.717) is 18.3 Å². The van der Waals surface area contributed by atoms with Gasteiger partial charge in [0.1, 0.15) is 10.6 Å². The summed E-state index contributed by atoms with van der Waals surface area (Å²) < 4.78 is 36.4. The number of rotatable bonds is 5. The zero-order valence-corrected chi connectivity index (χ0v) is 11.0. The van der Waals surface area contributed by atoms with Crippen LogP contribution in [-0.4, -0.2) is 29.2 Å². The predicted molar refractivity (Wildman–Crippen MR) is 70.7 cm³/mol. The molecule has 0 radical (unpaired) electrons. The molecule has 2 aromatic rings. The molecule has 0 aliphatic carbocycles. The van der Waals surface area contributed by atoms with Gasteiger partial charge in [0.05, 0.1) is 11.8 Å². The minimum absolute atomic E-state index is 0.197. The topological polar surface area (TPSA) is 49.8 Å². The molecular formula is C11H13F3N4S. The number of alkyl halides is 3. The second kappa shape index (κ2) is 5.60. The van der Waals surface area contributed by atoms with Crippen LogP contribution >= 0.6 is 11.3 Å². The Kier molecular flexibility index (Phi) is 4.08. The van der Waals surface area contributed by atoms with Gasteiger partial charge in [-0.05, 0) is 18.4 Å². The van der Waals surface area contributed by atoms with Crippen LogP contribution < -0.4 is 10.6 Å². The number of nitrogens with one attached hydrogen (secondary N) is 2.